The van der Waals surface area contributed by atoms with Gasteiger partial charge in [0.15, 0.2) is 5.60 Å². The Hall–Kier alpha value is -1.55. The van der Waals surface area contributed by atoms with E-state index in [1.165, 1.54) is 6.07 Å². The summed E-state index contributed by atoms with van der Waals surface area (Å²) in [6, 6.07) is 10.2. The number of fused-ring (bicyclic) bond motifs is 1. The second-order valence-electron chi connectivity index (χ2n) is 6.56. The van der Waals surface area contributed by atoms with Crippen molar-refractivity contribution in [3.05, 3.63) is 47.5 Å². The van der Waals surface area contributed by atoms with Crippen LogP contribution in [0, 0.1) is 0 Å². The number of hydrogen-bond donors (Lipinski definition) is 1. The molecule has 1 unspecified atom stereocenters. The quantitative estimate of drug-likeness (QED) is 0.793. The van der Waals surface area contributed by atoms with E-state index in [1.807, 2.05) is 26.8 Å². The van der Waals surface area contributed by atoms with Gasteiger partial charge in [0.25, 0.3) is 0 Å². The Labute approximate surface area is 122 Å². The van der Waals surface area contributed by atoms with Crippen molar-refractivity contribution in [2.45, 2.75) is 44.9 Å². The van der Waals surface area contributed by atoms with E-state index in [0.717, 1.165) is 12.5 Å². The molecule has 0 aliphatic carbocycles. The Bertz CT molecular complexity index is 664. The predicted octanol–water partition coefficient (Wildman–Crippen LogP) is 4.91. The molecule has 114 valence electrons. The Morgan fingerprint density at radius 1 is 0.905 bits per heavy atom. The molecule has 2 aromatic carbocycles. The van der Waals surface area contributed by atoms with Crippen molar-refractivity contribution < 1.29 is 18.3 Å². The SMILES string of the molecule is CC(C)(C)c1cc(C(C)(O)C(F)(F)F)c2ccccc2c1. The molecule has 0 aromatic heterocycles. The van der Waals surface area contributed by atoms with Crippen molar-refractivity contribution in [1.82, 2.24) is 0 Å². The topological polar surface area (TPSA) is 20.2 Å². The lowest BCUT2D eigenvalue weighted by atomic mass is 9.81. The number of rotatable bonds is 1. The maximum absolute atomic E-state index is 13.2. The molecule has 0 amide bonds. The summed E-state index contributed by atoms with van der Waals surface area (Å²) < 4.78 is 39.7. The zero-order chi connectivity index (χ0) is 16.1. The molecule has 0 aliphatic heterocycles. The van der Waals surface area contributed by atoms with Crippen molar-refractivity contribution in [2.75, 3.05) is 0 Å². The lowest BCUT2D eigenvalue weighted by Gasteiger charge is -2.30. The van der Waals surface area contributed by atoms with E-state index in [4.69, 9.17) is 0 Å². The van der Waals surface area contributed by atoms with Crippen LogP contribution in [0.3, 0.4) is 0 Å². The highest BCUT2D eigenvalue weighted by molar-refractivity contribution is 5.87. The maximum atomic E-state index is 13.2. The molecule has 21 heavy (non-hydrogen) atoms. The maximum Gasteiger partial charge on any atom is 0.421 e. The van der Waals surface area contributed by atoms with Crippen LogP contribution in [0.15, 0.2) is 36.4 Å². The van der Waals surface area contributed by atoms with Crippen molar-refractivity contribution in [3.8, 4) is 0 Å². The third-order valence-electron chi connectivity index (χ3n) is 3.80. The van der Waals surface area contributed by atoms with Gasteiger partial charge in [0, 0.05) is 5.56 Å². The number of benzene rings is 2. The summed E-state index contributed by atoms with van der Waals surface area (Å²) in [6.07, 6.45) is -4.73. The van der Waals surface area contributed by atoms with Crippen LogP contribution in [0.1, 0.15) is 38.8 Å². The van der Waals surface area contributed by atoms with Crippen LogP contribution >= 0.6 is 0 Å². The molecule has 0 saturated carbocycles. The zero-order valence-corrected chi connectivity index (χ0v) is 12.5. The molecular weight excluding hydrogens is 277 g/mol. The summed E-state index contributed by atoms with van der Waals surface area (Å²) in [5.74, 6) is 0. The molecule has 4 heteroatoms. The zero-order valence-electron chi connectivity index (χ0n) is 12.5. The largest absolute Gasteiger partial charge is 0.421 e. The molecule has 0 aliphatic rings. The summed E-state index contributed by atoms with van der Waals surface area (Å²) in [6.45, 7) is 6.61. The van der Waals surface area contributed by atoms with Crippen molar-refractivity contribution in [1.29, 1.82) is 0 Å². The van der Waals surface area contributed by atoms with Crippen LogP contribution in [-0.4, -0.2) is 11.3 Å². The van der Waals surface area contributed by atoms with Gasteiger partial charge in [0.05, 0.1) is 0 Å². The van der Waals surface area contributed by atoms with E-state index >= 15 is 0 Å². The van der Waals surface area contributed by atoms with Gasteiger partial charge < -0.3 is 5.11 Å². The van der Waals surface area contributed by atoms with Gasteiger partial charge in [-0.2, -0.15) is 13.2 Å². The molecule has 1 atom stereocenters. The molecule has 1 nitrogen and oxygen atoms in total. The summed E-state index contributed by atoms with van der Waals surface area (Å²) in [7, 11) is 0. The van der Waals surface area contributed by atoms with E-state index in [0.29, 0.717) is 10.8 Å². The normalized spacial score (nSPS) is 16.0. The summed E-state index contributed by atoms with van der Waals surface area (Å²) in [4.78, 5) is 0. The van der Waals surface area contributed by atoms with Gasteiger partial charge in [0.1, 0.15) is 0 Å². The van der Waals surface area contributed by atoms with Crippen LogP contribution in [0.2, 0.25) is 0 Å². The Morgan fingerprint density at radius 2 is 1.48 bits per heavy atom. The predicted molar refractivity (Wildman–Crippen MR) is 78.3 cm³/mol. The Morgan fingerprint density at radius 3 is 2.00 bits per heavy atom. The molecule has 0 saturated heterocycles. The lowest BCUT2D eigenvalue weighted by Crippen LogP contribution is -2.39. The van der Waals surface area contributed by atoms with Crippen molar-refractivity contribution in [2.24, 2.45) is 0 Å². The van der Waals surface area contributed by atoms with Crippen LogP contribution in [-0.2, 0) is 11.0 Å². The van der Waals surface area contributed by atoms with Gasteiger partial charge in [-0.1, -0.05) is 57.2 Å². The van der Waals surface area contributed by atoms with Crippen molar-refractivity contribution in [3.63, 3.8) is 0 Å². The lowest BCUT2D eigenvalue weighted by molar-refractivity contribution is -0.258. The van der Waals surface area contributed by atoms with E-state index in [-0.39, 0.29) is 11.0 Å². The smallest absolute Gasteiger partial charge is 0.376 e. The van der Waals surface area contributed by atoms with Gasteiger partial charge in [-0.3, -0.25) is 0 Å². The fourth-order valence-corrected chi connectivity index (χ4v) is 2.30. The first-order valence-corrected chi connectivity index (χ1v) is 6.77. The Kier molecular flexibility index (Phi) is 3.57. The average Bonchev–Trinajstić information content (AvgIpc) is 2.34. The van der Waals surface area contributed by atoms with Gasteiger partial charge in [0.2, 0.25) is 0 Å². The molecule has 0 bridgehead atoms. The highest BCUT2D eigenvalue weighted by Crippen LogP contribution is 2.42. The Balaban J connectivity index is 2.84. The summed E-state index contributed by atoms with van der Waals surface area (Å²) in [5.41, 5.74) is -2.52. The minimum atomic E-state index is -4.73. The van der Waals surface area contributed by atoms with Gasteiger partial charge in [-0.05, 0) is 28.7 Å². The molecule has 0 spiro atoms. The average molecular weight is 296 g/mol. The monoisotopic (exact) mass is 296 g/mol. The first kappa shape index (κ1) is 15.8. The van der Waals surface area contributed by atoms with Gasteiger partial charge in [-0.15, -0.1) is 0 Å². The third kappa shape index (κ3) is 2.77. The second-order valence-corrected chi connectivity index (χ2v) is 6.56. The molecule has 2 rings (SSSR count). The number of aliphatic hydroxyl groups is 1. The van der Waals surface area contributed by atoms with Crippen LogP contribution in [0.5, 0.6) is 0 Å². The van der Waals surface area contributed by atoms with Crippen LogP contribution < -0.4 is 0 Å². The molecular formula is C17H19F3O. The summed E-state index contributed by atoms with van der Waals surface area (Å²) >= 11 is 0. The van der Waals surface area contributed by atoms with E-state index < -0.39 is 11.8 Å². The highest BCUT2D eigenvalue weighted by atomic mass is 19.4. The first-order chi connectivity index (χ1) is 9.44. The minimum Gasteiger partial charge on any atom is -0.376 e. The molecule has 2 aromatic rings. The summed E-state index contributed by atoms with van der Waals surface area (Å²) in [5, 5.41) is 11.2. The fourth-order valence-electron chi connectivity index (χ4n) is 2.30. The van der Waals surface area contributed by atoms with Crippen molar-refractivity contribution >= 4 is 10.8 Å². The van der Waals surface area contributed by atoms with Gasteiger partial charge >= 0.3 is 6.18 Å². The van der Waals surface area contributed by atoms with E-state index in [9.17, 15) is 18.3 Å². The molecule has 1 N–H and O–H groups in total. The minimum absolute atomic E-state index is 0.0991. The number of alkyl halides is 3. The molecule has 0 radical (unpaired) electrons. The third-order valence-corrected chi connectivity index (χ3v) is 3.80. The molecule has 0 heterocycles. The number of hydrogen-bond acceptors (Lipinski definition) is 1. The fraction of sp³-hybridized carbons (Fsp3) is 0.412. The molecule has 0 fully saturated rings. The highest BCUT2D eigenvalue weighted by Gasteiger charge is 2.52. The van der Waals surface area contributed by atoms with E-state index in [2.05, 4.69) is 0 Å². The second kappa shape index (κ2) is 4.73. The standard InChI is InChI=1S/C17H19F3O/c1-15(2,3)12-9-11-7-5-6-8-13(11)14(10-12)16(4,21)17(18,19)20/h5-10,21H,1-4H3. The van der Waals surface area contributed by atoms with E-state index in [1.54, 1.807) is 24.3 Å². The first-order valence-electron chi connectivity index (χ1n) is 6.77. The van der Waals surface area contributed by atoms with Gasteiger partial charge in [-0.25, -0.2) is 0 Å². The van der Waals surface area contributed by atoms with Crippen LogP contribution in [0.4, 0.5) is 13.2 Å². The van der Waals surface area contributed by atoms with Crippen LogP contribution in [0.25, 0.3) is 10.8 Å². The number of halogens is 3.